The molecule has 0 saturated carbocycles. The maximum absolute atomic E-state index is 10.7. The third kappa shape index (κ3) is 3.17. The van der Waals surface area contributed by atoms with E-state index in [-0.39, 0.29) is 11.3 Å². The summed E-state index contributed by atoms with van der Waals surface area (Å²) in [6, 6.07) is 6.36. The first kappa shape index (κ1) is 12.4. The van der Waals surface area contributed by atoms with E-state index in [9.17, 15) is 10.1 Å². The summed E-state index contributed by atoms with van der Waals surface area (Å²) in [5, 5.41) is 20.2. The largest absolute Gasteiger partial charge is 0.287 e. The second-order valence-corrected chi connectivity index (χ2v) is 3.82. The van der Waals surface area contributed by atoms with Gasteiger partial charge in [-0.25, -0.2) is 0 Å². The fourth-order valence-electron chi connectivity index (χ4n) is 1.18. The number of nitro benzene ring substituents is 1. The Balaban J connectivity index is 3.04. The van der Waals surface area contributed by atoms with Gasteiger partial charge in [0.25, 0.3) is 5.69 Å². The zero-order chi connectivity index (χ0) is 12.0. The van der Waals surface area contributed by atoms with Gasteiger partial charge >= 0.3 is 0 Å². The van der Waals surface area contributed by atoms with Gasteiger partial charge < -0.3 is 0 Å². The molecule has 5 heteroatoms. The summed E-state index contributed by atoms with van der Waals surface area (Å²) in [7, 11) is 0. The highest BCUT2D eigenvalue weighted by Crippen LogP contribution is 2.20. The number of nitrogens with zero attached hydrogens (tertiary/aromatic N) is 2. The molecule has 0 fully saturated rings. The molecule has 0 aliphatic heterocycles. The van der Waals surface area contributed by atoms with Gasteiger partial charge in [-0.2, -0.15) is 5.26 Å². The van der Waals surface area contributed by atoms with Gasteiger partial charge in [-0.15, -0.1) is 0 Å². The Morgan fingerprint density at radius 2 is 2.31 bits per heavy atom. The van der Waals surface area contributed by atoms with Crippen LogP contribution in [-0.2, 0) is 0 Å². The molecule has 0 aliphatic rings. The summed E-state index contributed by atoms with van der Waals surface area (Å²) < 4.78 is 0. The zero-order valence-electron chi connectivity index (χ0n) is 8.39. The van der Waals surface area contributed by atoms with E-state index in [0.29, 0.717) is 0 Å². The van der Waals surface area contributed by atoms with E-state index in [1.165, 1.54) is 12.1 Å². The van der Waals surface area contributed by atoms with Crippen molar-refractivity contribution in [2.75, 3.05) is 5.33 Å². The molecule has 82 valence electrons. The number of halogens is 1. The van der Waals surface area contributed by atoms with Crippen LogP contribution in [0, 0.1) is 21.4 Å². The van der Waals surface area contributed by atoms with Crippen molar-refractivity contribution < 1.29 is 4.92 Å². The monoisotopic (exact) mass is 280 g/mol. The lowest BCUT2D eigenvalue weighted by Gasteiger charge is -1.96. The van der Waals surface area contributed by atoms with Crippen molar-refractivity contribution in [1.29, 1.82) is 5.26 Å². The van der Waals surface area contributed by atoms with E-state index >= 15 is 0 Å². The van der Waals surface area contributed by atoms with Crippen molar-refractivity contribution in [2.24, 2.45) is 0 Å². The van der Waals surface area contributed by atoms with E-state index in [2.05, 4.69) is 15.9 Å². The summed E-state index contributed by atoms with van der Waals surface area (Å²) in [5.74, 6) is 0. The van der Waals surface area contributed by atoms with Crippen LogP contribution in [0.1, 0.15) is 17.5 Å². The van der Waals surface area contributed by atoms with Crippen molar-refractivity contribution in [2.45, 2.75) is 6.42 Å². The summed E-state index contributed by atoms with van der Waals surface area (Å²) in [6.07, 6.45) is 4.57. The highest BCUT2D eigenvalue weighted by atomic mass is 79.9. The molecule has 0 aromatic heterocycles. The van der Waals surface area contributed by atoms with Crippen molar-refractivity contribution in [3.8, 4) is 6.07 Å². The smallest absolute Gasteiger partial charge is 0.258 e. The van der Waals surface area contributed by atoms with Gasteiger partial charge in [-0.05, 0) is 18.1 Å². The average Bonchev–Trinajstić information content (AvgIpc) is 2.29. The van der Waals surface area contributed by atoms with E-state index in [4.69, 9.17) is 5.26 Å². The van der Waals surface area contributed by atoms with E-state index < -0.39 is 4.92 Å². The van der Waals surface area contributed by atoms with Gasteiger partial charge in [0.1, 0.15) is 11.6 Å². The van der Waals surface area contributed by atoms with Gasteiger partial charge in [0.05, 0.1) is 4.92 Å². The molecule has 1 aromatic carbocycles. The second-order valence-electron chi connectivity index (χ2n) is 3.03. The summed E-state index contributed by atoms with van der Waals surface area (Å²) in [6.45, 7) is 0. The van der Waals surface area contributed by atoms with Crippen LogP contribution < -0.4 is 0 Å². The average molecular weight is 281 g/mol. The molecule has 0 amide bonds. The fraction of sp³-hybridized carbons (Fsp3) is 0.182. The highest BCUT2D eigenvalue weighted by molar-refractivity contribution is 9.09. The summed E-state index contributed by atoms with van der Waals surface area (Å²) in [4.78, 5) is 10.1. The summed E-state index contributed by atoms with van der Waals surface area (Å²) in [5.41, 5.74) is 0.665. The van der Waals surface area contributed by atoms with Gasteiger partial charge in [-0.3, -0.25) is 10.1 Å². The lowest BCUT2D eigenvalue weighted by atomic mass is 10.1. The topological polar surface area (TPSA) is 66.9 Å². The van der Waals surface area contributed by atoms with Gasteiger partial charge in [0.2, 0.25) is 0 Å². The first-order valence-electron chi connectivity index (χ1n) is 4.60. The molecule has 0 heterocycles. The molecule has 0 N–H and O–H groups in total. The Morgan fingerprint density at radius 3 is 2.88 bits per heavy atom. The minimum absolute atomic E-state index is 0.0858. The molecule has 0 spiro atoms. The van der Waals surface area contributed by atoms with Crippen LogP contribution in [0.5, 0.6) is 0 Å². The molecule has 4 nitrogen and oxygen atoms in total. The third-order valence-corrected chi connectivity index (χ3v) is 2.38. The number of nitro groups is 1. The Morgan fingerprint density at radius 1 is 1.56 bits per heavy atom. The molecular weight excluding hydrogens is 272 g/mol. The van der Waals surface area contributed by atoms with Crippen LogP contribution in [-0.4, -0.2) is 10.3 Å². The molecule has 0 saturated heterocycles. The van der Waals surface area contributed by atoms with E-state index in [1.807, 2.05) is 6.08 Å². The van der Waals surface area contributed by atoms with Crippen molar-refractivity contribution in [3.63, 3.8) is 0 Å². The van der Waals surface area contributed by atoms with Gasteiger partial charge in [-0.1, -0.05) is 34.1 Å². The number of hydrogen-bond donors (Lipinski definition) is 0. The molecule has 1 aromatic rings. The number of alkyl halides is 1. The first-order chi connectivity index (χ1) is 7.69. The molecule has 16 heavy (non-hydrogen) atoms. The quantitative estimate of drug-likeness (QED) is 0.483. The lowest BCUT2D eigenvalue weighted by molar-refractivity contribution is -0.385. The van der Waals surface area contributed by atoms with Crippen LogP contribution in [0.25, 0.3) is 6.08 Å². The van der Waals surface area contributed by atoms with Gasteiger partial charge in [0, 0.05) is 11.4 Å². The fourth-order valence-corrected chi connectivity index (χ4v) is 1.44. The minimum atomic E-state index is -0.541. The zero-order valence-corrected chi connectivity index (χ0v) is 9.98. The van der Waals surface area contributed by atoms with Gasteiger partial charge in [0.15, 0.2) is 0 Å². The molecule has 0 aliphatic carbocycles. The number of rotatable bonds is 4. The Labute approximate surface area is 101 Å². The van der Waals surface area contributed by atoms with Crippen molar-refractivity contribution >= 4 is 27.7 Å². The third-order valence-electron chi connectivity index (χ3n) is 1.93. The van der Waals surface area contributed by atoms with Crippen LogP contribution >= 0.6 is 15.9 Å². The molecular formula is C11H9BrN2O2. The maximum atomic E-state index is 10.7. The summed E-state index contributed by atoms with van der Waals surface area (Å²) >= 11 is 3.28. The molecule has 0 unspecified atom stereocenters. The Bertz CT molecular complexity index is 464. The molecule has 0 radical (unpaired) electrons. The number of nitriles is 1. The predicted octanol–water partition coefficient (Wildman–Crippen LogP) is 3.26. The molecule has 1 rings (SSSR count). The Hall–Kier alpha value is -1.67. The van der Waals surface area contributed by atoms with Crippen LogP contribution in [0.4, 0.5) is 5.69 Å². The predicted molar refractivity (Wildman–Crippen MR) is 65.3 cm³/mol. The first-order valence-corrected chi connectivity index (χ1v) is 5.72. The van der Waals surface area contributed by atoms with Crippen LogP contribution in [0.3, 0.4) is 0 Å². The normalized spacial score (nSPS) is 10.2. The maximum Gasteiger partial charge on any atom is 0.287 e. The van der Waals surface area contributed by atoms with Crippen LogP contribution in [0.2, 0.25) is 0 Å². The van der Waals surface area contributed by atoms with Crippen LogP contribution in [0.15, 0.2) is 24.3 Å². The molecule has 0 bridgehead atoms. The second kappa shape index (κ2) is 6.03. The highest BCUT2D eigenvalue weighted by Gasteiger charge is 2.12. The Kier molecular flexibility index (Phi) is 4.67. The molecule has 0 atom stereocenters. The van der Waals surface area contributed by atoms with E-state index in [0.717, 1.165) is 17.3 Å². The lowest BCUT2D eigenvalue weighted by Crippen LogP contribution is -1.92. The number of allylic oxidation sites excluding steroid dienone is 1. The van der Waals surface area contributed by atoms with E-state index in [1.54, 1.807) is 18.2 Å². The standard InChI is InChI=1S/C11H9BrN2O2/c12-6-2-1-3-9-4-5-10(8-13)11(7-9)14(15)16/h1,3-5,7H,2,6H2. The number of hydrogen-bond acceptors (Lipinski definition) is 3. The number of benzene rings is 1. The SMILES string of the molecule is N#Cc1ccc(C=CCCBr)cc1[N+](=O)[O-]. The minimum Gasteiger partial charge on any atom is -0.258 e. The van der Waals surface area contributed by atoms with Crippen molar-refractivity contribution in [3.05, 3.63) is 45.5 Å². The van der Waals surface area contributed by atoms with Crippen molar-refractivity contribution in [1.82, 2.24) is 0 Å².